The predicted molar refractivity (Wildman–Crippen MR) is 64.6 cm³/mol. The van der Waals surface area contributed by atoms with Crippen LogP contribution in [0.2, 0.25) is 0 Å². The molecule has 0 aromatic carbocycles. The lowest BCUT2D eigenvalue weighted by molar-refractivity contribution is -0.137. The molecule has 0 saturated carbocycles. The van der Waals surface area contributed by atoms with E-state index in [0.717, 1.165) is 13.1 Å². The van der Waals surface area contributed by atoms with Crippen LogP contribution in [0.4, 0.5) is 0 Å². The lowest BCUT2D eigenvalue weighted by Gasteiger charge is -2.45. The van der Waals surface area contributed by atoms with E-state index < -0.39 is 5.97 Å². The molecule has 1 aliphatic heterocycles. The van der Waals surface area contributed by atoms with Crippen molar-refractivity contribution in [3.05, 3.63) is 0 Å². The number of piperazine rings is 1. The smallest absolute Gasteiger partial charge is 0.303 e. The van der Waals surface area contributed by atoms with Gasteiger partial charge >= 0.3 is 5.97 Å². The molecule has 1 rings (SSSR count). The molecule has 0 radical (unpaired) electrons. The molecular weight excluding hydrogens is 204 g/mol. The first kappa shape index (κ1) is 13.5. The molecule has 4 heteroatoms. The van der Waals surface area contributed by atoms with Crippen molar-refractivity contribution in [2.45, 2.75) is 58.2 Å². The van der Waals surface area contributed by atoms with Gasteiger partial charge in [0.2, 0.25) is 0 Å². The molecule has 1 aliphatic rings. The van der Waals surface area contributed by atoms with Crippen molar-refractivity contribution >= 4 is 5.97 Å². The second-order valence-electron chi connectivity index (χ2n) is 5.68. The van der Waals surface area contributed by atoms with Gasteiger partial charge in [0.15, 0.2) is 0 Å². The second kappa shape index (κ2) is 5.15. The number of nitrogens with one attached hydrogen (secondary N) is 1. The summed E-state index contributed by atoms with van der Waals surface area (Å²) in [7, 11) is 0. The maximum absolute atomic E-state index is 10.6. The number of aliphatic carboxylic acids is 1. The molecule has 16 heavy (non-hydrogen) atoms. The van der Waals surface area contributed by atoms with E-state index in [2.05, 4.69) is 37.9 Å². The number of carbonyl (C=O) groups is 1. The summed E-state index contributed by atoms with van der Waals surface area (Å²) < 4.78 is 0. The Bertz CT molecular complexity index is 251. The van der Waals surface area contributed by atoms with Crippen molar-refractivity contribution in [3.8, 4) is 0 Å². The number of carboxylic acid groups (broad SMARTS) is 1. The molecule has 0 amide bonds. The monoisotopic (exact) mass is 228 g/mol. The third-order valence-electron chi connectivity index (χ3n) is 3.09. The Balaban J connectivity index is 2.54. The molecule has 94 valence electrons. The van der Waals surface area contributed by atoms with Crippen LogP contribution in [0.25, 0.3) is 0 Å². The van der Waals surface area contributed by atoms with Crippen molar-refractivity contribution in [2.24, 2.45) is 0 Å². The summed E-state index contributed by atoms with van der Waals surface area (Å²) in [5, 5.41) is 12.2. The molecule has 1 fully saturated rings. The Kier molecular flexibility index (Phi) is 4.33. The number of carboxylic acids is 1. The zero-order valence-electron chi connectivity index (χ0n) is 10.8. The molecule has 0 aromatic rings. The van der Waals surface area contributed by atoms with Crippen LogP contribution < -0.4 is 5.32 Å². The molecule has 4 nitrogen and oxygen atoms in total. The Hall–Kier alpha value is -0.610. The summed E-state index contributed by atoms with van der Waals surface area (Å²) in [6.07, 6.45) is 0.960. The van der Waals surface area contributed by atoms with E-state index in [0.29, 0.717) is 18.5 Å². The lowest BCUT2D eigenvalue weighted by Crippen LogP contribution is -2.63. The maximum Gasteiger partial charge on any atom is 0.303 e. The Labute approximate surface area is 98.0 Å². The average molecular weight is 228 g/mol. The fraction of sp³-hybridized carbons (Fsp3) is 0.917. The van der Waals surface area contributed by atoms with E-state index in [1.807, 2.05) is 0 Å². The van der Waals surface area contributed by atoms with Crippen molar-refractivity contribution in [1.29, 1.82) is 0 Å². The van der Waals surface area contributed by atoms with E-state index in [-0.39, 0.29) is 12.0 Å². The van der Waals surface area contributed by atoms with Gasteiger partial charge in [-0.3, -0.25) is 9.69 Å². The topological polar surface area (TPSA) is 52.6 Å². The first-order valence-corrected chi connectivity index (χ1v) is 6.04. The zero-order chi connectivity index (χ0) is 12.3. The fourth-order valence-corrected chi connectivity index (χ4v) is 2.35. The van der Waals surface area contributed by atoms with E-state index in [1.165, 1.54) is 0 Å². The van der Waals surface area contributed by atoms with Crippen LogP contribution in [0.15, 0.2) is 0 Å². The third-order valence-corrected chi connectivity index (χ3v) is 3.09. The van der Waals surface area contributed by atoms with Crippen molar-refractivity contribution in [3.63, 3.8) is 0 Å². The minimum atomic E-state index is -0.707. The first-order valence-electron chi connectivity index (χ1n) is 6.04. The molecule has 0 spiro atoms. The summed E-state index contributed by atoms with van der Waals surface area (Å²) in [5.74, 6) is -0.707. The number of hydrogen-bond acceptors (Lipinski definition) is 3. The van der Waals surface area contributed by atoms with Gasteiger partial charge in [-0.1, -0.05) is 0 Å². The van der Waals surface area contributed by atoms with Crippen LogP contribution in [0.5, 0.6) is 0 Å². The van der Waals surface area contributed by atoms with E-state index in [4.69, 9.17) is 5.11 Å². The van der Waals surface area contributed by atoms with Crippen LogP contribution >= 0.6 is 0 Å². The minimum absolute atomic E-state index is 0.0751. The molecule has 2 N–H and O–H groups in total. The normalized spacial score (nSPS) is 25.9. The maximum atomic E-state index is 10.6. The highest BCUT2D eigenvalue weighted by Gasteiger charge is 2.32. The number of nitrogens with zero attached hydrogens (tertiary/aromatic N) is 1. The van der Waals surface area contributed by atoms with Crippen LogP contribution in [0.3, 0.4) is 0 Å². The summed E-state index contributed by atoms with van der Waals surface area (Å²) in [6.45, 7) is 10.7. The standard InChI is InChI=1S/C12H24N2O2/c1-9(2)14-7-10(5-6-11(15)16)13-12(3,4)8-14/h9-10,13H,5-8H2,1-4H3,(H,15,16). The molecule has 0 aliphatic carbocycles. The number of hydrogen-bond donors (Lipinski definition) is 2. The van der Waals surface area contributed by atoms with E-state index in [9.17, 15) is 4.79 Å². The highest BCUT2D eigenvalue weighted by Crippen LogP contribution is 2.18. The van der Waals surface area contributed by atoms with Crippen LogP contribution in [-0.2, 0) is 4.79 Å². The van der Waals surface area contributed by atoms with Gasteiger partial charge < -0.3 is 10.4 Å². The lowest BCUT2D eigenvalue weighted by atomic mass is 9.95. The summed E-state index contributed by atoms with van der Waals surface area (Å²) in [5.41, 5.74) is 0.0751. The predicted octanol–water partition coefficient (Wildman–Crippen LogP) is 1.31. The van der Waals surface area contributed by atoms with Crippen LogP contribution in [-0.4, -0.2) is 46.7 Å². The third kappa shape index (κ3) is 4.10. The van der Waals surface area contributed by atoms with E-state index >= 15 is 0 Å². The van der Waals surface area contributed by atoms with Crippen LogP contribution in [0, 0.1) is 0 Å². The summed E-state index contributed by atoms with van der Waals surface area (Å²) >= 11 is 0. The highest BCUT2D eigenvalue weighted by atomic mass is 16.4. The SMILES string of the molecule is CC(C)N1CC(CCC(=O)O)NC(C)(C)C1. The van der Waals surface area contributed by atoms with Gasteiger partial charge in [0.25, 0.3) is 0 Å². The fourth-order valence-electron chi connectivity index (χ4n) is 2.35. The molecule has 1 unspecified atom stereocenters. The molecule has 1 saturated heterocycles. The van der Waals surface area contributed by atoms with Gasteiger partial charge in [-0.2, -0.15) is 0 Å². The van der Waals surface area contributed by atoms with E-state index in [1.54, 1.807) is 0 Å². The van der Waals surface area contributed by atoms with Gasteiger partial charge in [0, 0.05) is 37.1 Å². The second-order valence-corrected chi connectivity index (χ2v) is 5.68. The molecular formula is C12H24N2O2. The molecule has 1 heterocycles. The largest absolute Gasteiger partial charge is 0.481 e. The Morgan fingerprint density at radius 3 is 2.69 bits per heavy atom. The quantitative estimate of drug-likeness (QED) is 0.762. The molecule has 0 aromatic heterocycles. The van der Waals surface area contributed by atoms with Crippen LogP contribution in [0.1, 0.15) is 40.5 Å². The Morgan fingerprint density at radius 2 is 2.19 bits per heavy atom. The van der Waals surface area contributed by atoms with Crippen molar-refractivity contribution < 1.29 is 9.90 Å². The minimum Gasteiger partial charge on any atom is -0.481 e. The highest BCUT2D eigenvalue weighted by molar-refractivity contribution is 5.66. The summed E-state index contributed by atoms with van der Waals surface area (Å²) in [6, 6.07) is 0.816. The van der Waals surface area contributed by atoms with Crippen molar-refractivity contribution in [2.75, 3.05) is 13.1 Å². The first-order chi connectivity index (χ1) is 7.30. The Morgan fingerprint density at radius 1 is 1.56 bits per heavy atom. The average Bonchev–Trinajstić information content (AvgIpc) is 2.12. The van der Waals surface area contributed by atoms with Gasteiger partial charge in [-0.25, -0.2) is 0 Å². The van der Waals surface area contributed by atoms with Gasteiger partial charge in [-0.15, -0.1) is 0 Å². The van der Waals surface area contributed by atoms with Gasteiger partial charge in [0.05, 0.1) is 0 Å². The number of rotatable bonds is 4. The summed E-state index contributed by atoms with van der Waals surface area (Å²) in [4.78, 5) is 13.0. The zero-order valence-corrected chi connectivity index (χ0v) is 10.8. The van der Waals surface area contributed by atoms with Crippen molar-refractivity contribution in [1.82, 2.24) is 10.2 Å². The molecule has 0 bridgehead atoms. The van der Waals surface area contributed by atoms with Gasteiger partial charge in [-0.05, 0) is 34.1 Å². The molecule has 1 atom stereocenters. The van der Waals surface area contributed by atoms with Gasteiger partial charge in [0.1, 0.15) is 0 Å².